The first-order valence-electron chi connectivity index (χ1n) is 5.23. The van der Waals surface area contributed by atoms with E-state index in [2.05, 4.69) is 29.2 Å². The highest BCUT2D eigenvalue weighted by atomic mass is 32.2. The first kappa shape index (κ1) is 11.0. The summed E-state index contributed by atoms with van der Waals surface area (Å²) < 4.78 is 0. The zero-order valence-electron chi connectivity index (χ0n) is 8.97. The molecule has 2 aromatic rings. The molecule has 2 N–H and O–H groups in total. The minimum atomic E-state index is 0.764. The van der Waals surface area contributed by atoms with Crippen LogP contribution >= 0.6 is 11.8 Å². The number of anilines is 1. The molecule has 0 aliphatic rings. The van der Waals surface area contributed by atoms with Gasteiger partial charge in [0.05, 0.1) is 5.69 Å². The lowest BCUT2D eigenvalue weighted by molar-refractivity contribution is 1.11. The van der Waals surface area contributed by atoms with E-state index in [-0.39, 0.29) is 0 Å². The number of aromatic nitrogens is 1. The molecule has 0 radical (unpaired) electrons. The van der Waals surface area contributed by atoms with E-state index in [0.29, 0.717) is 0 Å². The number of pyridine rings is 1. The number of hydrogen-bond donors (Lipinski definition) is 1. The van der Waals surface area contributed by atoms with Crippen molar-refractivity contribution in [2.24, 2.45) is 0 Å². The molecule has 0 aliphatic heterocycles. The summed E-state index contributed by atoms with van der Waals surface area (Å²) in [7, 11) is 0. The van der Waals surface area contributed by atoms with Crippen molar-refractivity contribution in [1.82, 2.24) is 4.98 Å². The van der Waals surface area contributed by atoms with Crippen molar-refractivity contribution in [3.05, 3.63) is 54.2 Å². The molecule has 3 heteroatoms. The molecule has 1 aromatic carbocycles. The molecule has 1 aromatic heterocycles. The first-order valence-corrected chi connectivity index (χ1v) is 6.22. The van der Waals surface area contributed by atoms with E-state index >= 15 is 0 Å². The first-order chi connectivity index (χ1) is 7.86. The molecule has 16 heavy (non-hydrogen) atoms. The Bertz CT molecular complexity index is 443. The van der Waals surface area contributed by atoms with Crippen molar-refractivity contribution < 1.29 is 0 Å². The van der Waals surface area contributed by atoms with Gasteiger partial charge in [-0.15, -0.1) is 11.8 Å². The molecule has 0 bridgehead atoms. The van der Waals surface area contributed by atoms with Crippen molar-refractivity contribution in [2.45, 2.75) is 11.4 Å². The van der Waals surface area contributed by atoms with E-state index in [1.165, 1.54) is 5.56 Å². The van der Waals surface area contributed by atoms with Crippen LogP contribution in [0, 0.1) is 0 Å². The zero-order chi connectivity index (χ0) is 11.2. The van der Waals surface area contributed by atoms with Crippen molar-refractivity contribution in [3.8, 4) is 0 Å². The lowest BCUT2D eigenvalue weighted by atomic mass is 10.2. The van der Waals surface area contributed by atoms with Crippen LogP contribution in [0.3, 0.4) is 0 Å². The van der Waals surface area contributed by atoms with Gasteiger partial charge in [-0.25, -0.2) is 4.98 Å². The summed E-state index contributed by atoms with van der Waals surface area (Å²) in [6.07, 6.45) is 2.82. The van der Waals surface area contributed by atoms with E-state index in [9.17, 15) is 0 Å². The molecule has 1 heterocycles. The van der Waals surface area contributed by atoms with Gasteiger partial charge >= 0.3 is 0 Å². The molecule has 0 saturated heterocycles. The topological polar surface area (TPSA) is 38.9 Å². The fourth-order valence-electron chi connectivity index (χ4n) is 1.43. The number of nitrogens with zero attached hydrogens (tertiary/aromatic N) is 1. The number of aryl methyl sites for hydroxylation is 1. The Hall–Kier alpha value is -1.48. The van der Waals surface area contributed by atoms with Crippen LogP contribution in [-0.4, -0.2) is 10.7 Å². The summed E-state index contributed by atoms with van der Waals surface area (Å²) >= 11 is 1.71. The average molecular weight is 230 g/mol. The number of rotatable bonds is 4. The Morgan fingerprint density at radius 2 is 1.88 bits per heavy atom. The minimum Gasteiger partial charge on any atom is -0.397 e. The Morgan fingerprint density at radius 1 is 1.06 bits per heavy atom. The van der Waals surface area contributed by atoms with E-state index in [0.717, 1.165) is 22.9 Å². The van der Waals surface area contributed by atoms with Crippen molar-refractivity contribution in [3.63, 3.8) is 0 Å². The van der Waals surface area contributed by atoms with E-state index in [1.54, 1.807) is 18.0 Å². The molecular weight excluding hydrogens is 216 g/mol. The summed E-state index contributed by atoms with van der Waals surface area (Å²) in [6.45, 7) is 0. The fourth-order valence-corrected chi connectivity index (χ4v) is 2.34. The molecule has 0 amide bonds. The molecule has 82 valence electrons. The van der Waals surface area contributed by atoms with Crippen LogP contribution < -0.4 is 5.73 Å². The van der Waals surface area contributed by atoms with Crippen LogP contribution in [0.4, 0.5) is 5.69 Å². The van der Waals surface area contributed by atoms with Crippen LogP contribution in [0.1, 0.15) is 5.56 Å². The molecule has 0 atom stereocenters. The van der Waals surface area contributed by atoms with E-state index < -0.39 is 0 Å². The highest BCUT2D eigenvalue weighted by molar-refractivity contribution is 7.99. The zero-order valence-corrected chi connectivity index (χ0v) is 9.78. The monoisotopic (exact) mass is 230 g/mol. The molecular formula is C13H14N2S. The maximum atomic E-state index is 5.82. The summed E-state index contributed by atoms with van der Waals surface area (Å²) in [5, 5.41) is 0.929. The predicted molar refractivity (Wildman–Crippen MR) is 69.5 cm³/mol. The van der Waals surface area contributed by atoms with Gasteiger partial charge in [-0.2, -0.15) is 0 Å². The van der Waals surface area contributed by atoms with Gasteiger partial charge in [-0.1, -0.05) is 30.3 Å². The summed E-state index contributed by atoms with van der Waals surface area (Å²) in [4.78, 5) is 4.25. The van der Waals surface area contributed by atoms with Gasteiger partial charge in [0.1, 0.15) is 5.03 Å². The second-order valence-electron chi connectivity index (χ2n) is 3.48. The van der Waals surface area contributed by atoms with Gasteiger partial charge in [0.15, 0.2) is 0 Å². The van der Waals surface area contributed by atoms with Crippen LogP contribution in [0.25, 0.3) is 0 Å². The second-order valence-corrected chi connectivity index (χ2v) is 4.57. The molecule has 0 spiro atoms. The van der Waals surface area contributed by atoms with E-state index in [1.807, 2.05) is 18.2 Å². The Balaban J connectivity index is 1.87. The third kappa shape index (κ3) is 3.00. The molecule has 0 unspecified atom stereocenters. The molecule has 2 nitrogen and oxygen atoms in total. The molecule has 2 rings (SSSR count). The van der Waals surface area contributed by atoms with Gasteiger partial charge in [0.2, 0.25) is 0 Å². The van der Waals surface area contributed by atoms with Gasteiger partial charge in [-0.3, -0.25) is 0 Å². The van der Waals surface area contributed by atoms with Crippen LogP contribution in [0.5, 0.6) is 0 Å². The van der Waals surface area contributed by atoms with Crippen molar-refractivity contribution in [2.75, 3.05) is 11.5 Å². The van der Waals surface area contributed by atoms with Crippen molar-refractivity contribution >= 4 is 17.4 Å². The fraction of sp³-hybridized carbons (Fsp3) is 0.154. The lowest BCUT2D eigenvalue weighted by Gasteiger charge is -2.03. The maximum absolute atomic E-state index is 5.82. The number of nitrogens with two attached hydrogens (primary N) is 1. The molecule has 0 fully saturated rings. The summed E-state index contributed by atoms with van der Waals surface area (Å²) in [6, 6.07) is 14.2. The Kier molecular flexibility index (Phi) is 3.83. The number of hydrogen-bond acceptors (Lipinski definition) is 3. The third-order valence-corrected chi connectivity index (χ3v) is 3.30. The lowest BCUT2D eigenvalue weighted by Crippen LogP contribution is -1.93. The summed E-state index contributed by atoms with van der Waals surface area (Å²) in [5.74, 6) is 1.01. The minimum absolute atomic E-state index is 0.764. The smallest absolute Gasteiger partial charge is 0.119 e. The normalized spacial score (nSPS) is 10.2. The highest BCUT2D eigenvalue weighted by Gasteiger charge is 2.00. The number of nitrogen functional groups attached to an aromatic ring is 1. The highest BCUT2D eigenvalue weighted by Crippen LogP contribution is 2.22. The summed E-state index contributed by atoms with van der Waals surface area (Å²) in [5.41, 5.74) is 7.93. The predicted octanol–water partition coefficient (Wildman–Crippen LogP) is 3.00. The van der Waals surface area contributed by atoms with Gasteiger partial charge in [0.25, 0.3) is 0 Å². The number of benzene rings is 1. The van der Waals surface area contributed by atoms with Gasteiger partial charge < -0.3 is 5.73 Å². The van der Waals surface area contributed by atoms with Crippen LogP contribution in [-0.2, 0) is 6.42 Å². The Morgan fingerprint density at radius 3 is 2.62 bits per heavy atom. The second kappa shape index (κ2) is 5.56. The van der Waals surface area contributed by atoms with E-state index in [4.69, 9.17) is 5.73 Å². The van der Waals surface area contributed by atoms with Gasteiger partial charge in [-0.05, 0) is 24.1 Å². The van der Waals surface area contributed by atoms with Crippen LogP contribution in [0.15, 0.2) is 53.7 Å². The third-order valence-electron chi connectivity index (χ3n) is 2.27. The maximum Gasteiger partial charge on any atom is 0.119 e. The SMILES string of the molecule is Nc1cccnc1SCCc1ccccc1. The van der Waals surface area contributed by atoms with Crippen molar-refractivity contribution in [1.29, 1.82) is 0 Å². The average Bonchev–Trinajstić information content (AvgIpc) is 2.33. The Labute approximate surface area is 99.9 Å². The number of thioether (sulfide) groups is 1. The molecule has 0 saturated carbocycles. The quantitative estimate of drug-likeness (QED) is 0.821. The van der Waals surface area contributed by atoms with Gasteiger partial charge in [0, 0.05) is 11.9 Å². The van der Waals surface area contributed by atoms with Crippen LogP contribution in [0.2, 0.25) is 0 Å². The molecule has 0 aliphatic carbocycles. The largest absolute Gasteiger partial charge is 0.397 e. The standard InChI is InChI=1S/C13H14N2S/c14-12-7-4-9-15-13(12)16-10-8-11-5-2-1-3-6-11/h1-7,9H,8,10,14H2.